The van der Waals surface area contributed by atoms with Crippen LogP contribution in [0.1, 0.15) is 54.4 Å². The van der Waals surface area contributed by atoms with E-state index in [2.05, 4.69) is 10.6 Å². The van der Waals surface area contributed by atoms with Crippen molar-refractivity contribution in [3.8, 4) is 0 Å². The zero-order chi connectivity index (χ0) is 23.6. The van der Waals surface area contributed by atoms with Crippen molar-refractivity contribution in [2.24, 2.45) is 5.73 Å². The molecule has 1 aromatic rings. The average molecular weight is 497 g/mol. The van der Waals surface area contributed by atoms with Gasteiger partial charge in [0.1, 0.15) is 12.6 Å². The van der Waals surface area contributed by atoms with Gasteiger partial charge < -0.3 is 25.4 Å². The molecule has 1 aromatic carbocycles. The molecule has 2 heterocycles. The maximum Gasteiger partial charge on any atom is 0.255 e. The van der Waals surface area contributed by atoms with E-state index in [0.717, 1.165) is 37.8 Å². The van der Waals surface area contributed by atoms with Crippen LogP contribution in [0.2, 0.25) is 0 Å². The van der Waals surface area contributed by atoms with Crippen molar-refractivity contribution in [1.82, 2.24) is 10.2 Å². The summed E-state index contributed by atoms with van der Waals surface area (Å²) in [7, 11) is 0. The molecule has 11 heteroatoms. The third-order valence-corrected chi connectivity index (χ3v) is 5.66. The summed E-state index contributed by atoms with van der Waals surface area (Å²) < 4.78 is 10.8. The zero-order valence-electron chi connectivity index (χ0n) is 19.2. The number of carbonyl (C=O) groups is 4. The molecule has 0 aliphatic carbocycles. The van der Waals surface area contributed by atoms with Gasteiger partial charge in [-0.25, -0.2) is 0 Å². The highest BCUT2D eigenvalue weighted by molar-refractivity contribution is 6.05. The number of halogens is 1. The Balaban J connectivity index is 0.00000408. The number of fused-ring (bicyclic) bond motifs is 1. The van der Waals surface area contributed by atoms with Crippen molar-refractivity contribution in [3.63, 3.8) is 0 Å². The number of imide groups is 1. The minimum atomic E-state index is -0.665. The Labute approximate surface area is 205 Å². The van der Waals surface area contributed by atoms with E-state index < -0.39 is 11.9 Å². The van der Waals surface area contributed by atoms with E-state index in [1.54, 1.807) is 18.2 Å². The summed E-state index contributed by atoms with van der Waals surface area (Å²) in [6.07, 6.45) is 4.75. The maximum absolute atomic E-state index is 12.7. The molecule has 2 aliphatic heterocycles. The minimum absolute atomic E-state index is 0. The molecule has 1 atom stereocenters. The Morgan fingerprint density at radius 2 is 1.85 bits per heavy atom. The average Bonchev–Trinajstić information content (AvgIpc) is 3.10. The molecule has 10 nitrogen and oxygen atoms in total. The first kappa shape index (κ1) is 27.7. The normalized spacial score (nSPS) is 17.3. The molecule has 34 heavy (non-hydrogen) atoms. The van der Waals surface area contributed by atoms with Gasteiger partial charge in [-0.3, -0.25) is 24.5 Å². The molecular formula is C23H33ClN4O6. The van der Waals surface area contributed by atoms with Gasteiger partial charge in [0.15, 0.2) is 0 Å². The number of amides is 4. The first-order chi connectivity index (χ1) is 16.0. The minimum Gasteiger partial charge on any atom is -0.379 e. The summed E-state index contributed by atoms with van der Waals surface area (Å²) in [5.74, 6) is -1.32. The number of nitrogens with one attached hydrogen (secondary N) is 2. The number of piperidine rings is 1. The molecule has 4 N–H and O–H groups in total. The van der Waals surface area contributed by atoms with Crippen LogP contribution in [0.15, 0.2) is 18.2 Å². The van der Waals surface area contributed by atoms with Crippen molar-refractivity contribution in [3.05, 3.63) is 29.3 Å². The second-order valence-corrected chi connectivity index (χ2v) is 8.19. The van der Waals surface area contributed by atoms with Crippen molar-refractivity contribution in [2.75, 3.05) is 38.3 Å². The summed E-state index contributed by atoms with van der Waals surface area (Å²) in [6.45, 7) is 2.31. The van der Waals surface area contributed by atoms with Gasteiger partial charge in [-0.1, -0.05) is 12.8 Å². The third-order valence-electron chi connectivity index (χ3n) is 5.66. The summed E-state index contributed by atoms with van der Waals surface area (Å²) in [6, 6.07) is 4.35. The predicted octanol–water partition coefficient (Wildman–Crippen LogP) is 1.36. The number of hydrogen-bond acceptors (Lipinski definition) is 7. The van der Waals surface area contributed by atoms with Crippen LogP contribution in [0.25, 0.3) is 0 Å². The monoisotopic (exact) mass is 496 g/mol. The lowest BCUT2D eigenvalue weighted by Crippen LogP contribution is -2.52. The molecule has 4 amide bonds. The van der Waals surface area contributed by atoms with Crippen LogP contribution in [0.4, 0.5) is 5.69 Å². The highest BCUT2D eigenvalue weighted by atomic mass is 35.5. The molecule has 0 saturated carbocycles. The summed E-state index contributed by atoms with van der Waals surface area (Å²) >= 11 is 0. The highest BCUT2D eigenvalue weighted by Gasteiger charge is 2.39. The number of rotatable bonds is 13. The number of nitrogens with two attached hydrogens (primary N) is 1. The first-order valence-electron chi connectivity index (χ1n) is 11.4. The smallest absolute Gasteiger partial charge is 0.255 e. The topological polar surface area (TPSA) is 140 Å². The lowest BCUT2D eigenvalue weighted by Gasteiger charge is -2.29. The summed E-state index contributed by atoms with van der Waals surface area (Å²) in [5, 5.41) is 5.04. The molecule has 0 radical (unpaired) electrons. The van der Waals surface area contributed by atoms with Gasteiger partial charge in [0.25, 0.3) is 5.91 Å². The van der Waals surface area contributed by atoms with E-state index in [-0.39, 0.29) is 49.7 Å². The molecule has 1 unspecified atom stereocenters. The highest BCUT2D eigenvalue weighted by Crippen LogP contribution is 2.29. The molecule has 188 valence electrons. The quantitative estimate of drug-likeness (QED) is 0.276. The molecule has 1 saturated heterocycles. The van der Waals surface area contributed by atoms with Gasteiger partial charge >= 0.3 is 0 Å². The zero-order valence-corrected chi connectivity index (χ0v) is 20.0. The fourth-order valence-electron chi connectivity index (χ4n) is 3.94. The van der Waals surface area contributed by atoms with Gasteiger partial charge in [-0.05, 0) is 49.6 Å². The van der Waals surface area contributed by atoms with Crippen LogP contribution < -0.4 is 16.4 Å². The molecular weight excluding hydrogens is 464 g/mol. The molecule has 1 fully saturated rings. The Morgan fingerprint density at radius 1 is 1.09 bits per heavy atom. The fraction of sp³-hybridized carbons (Fsp3) is 0.565. The molecule has 0 bridgehead atoms. The lowest BCUT2D eigenvalue weighted by molar-refractivity contribution is -0.137. The van der Waals surface area contributed by atoms with Crippen molar-refractivity contribution >= 4 is 41.7 Å². The van der Waals surface area contributed by atoms with Crippen LogP contribution in [-0.2, 0) is 30.4 Å². The number of anilines is 1. The summed E-state index contributed by atoms with van der Waals surface area (Å²) in [5.41, 5.74) is 7.22. The van der Waals surface area contributed by atoms with Crippen molar-refractivity contribution < 1.29 is 28.7 Å². The molecule has 3 rings (SSSR count). The molecule has 0 spiro atoms. The Hall–Kier alpha value is -2.53. The van der Waals surface area contributed by atoms with Crippen molar-refractivity contribution in [2.45, 2.75) is 51.1 Å². The Morgan fingerprint density at radius 3 is 2.62 bits per heavy atom. The van der Waals surface area contributed by atoms with E-state index in [0.29, 0.717) is 37.5 Å². The van der Waals surface area contributed by atoms with E-state index in [4.69, 9.17) is 15.2 Å². The van der Waals surface area contributed by atoms with Crippen LogP contribution in [-0.4, -0.2) is 67.5 Å². The summed E-state index contributed by atoms with van der Waals surface area (Å²) in [4.78, 5) is 49.8. The van der Waals surface area contributed by atoms with Gasteiger partial charge in [-0.15, -0.1) is 12.4 Å². The number of carbonyl (C=O) groups excluding carboxylic acids is 4. The van der Waals surface area contributed by atoms with Crippen molar-refractivity contribution in [1.29, 1.82) is 0 Å². The predicted molar refractivity (Wildman–Crippen MR) is 128 cm³/mol. The Bertz CT molecular complexity index is 881. The van der Waals surface area contributed by atoms with Gasteiger partial charge in [-0.2, -0.15) is 0 Å². The molecule has 2 aliphatic rings. The van der Waals surface area contributed by atoms with Gasteiger partial charge in [0.05, 0.1) is 13.2 Å². The number of unbranched alkanes of at least 4 members (excludes halogenated alkanes) is 3. The van der Waals surface area contributed by atoms with Crippen LogP contribution in [0.3, 0.4) is 0 Å². The first-order valence-corrected chi connectivity index (χ1v) is 11.4. The largest absolute Gasteiger partial charge is 0.379 e. The SMILES string of the molecule is Cl.NCCCCCCOCCOCC(=O)Nc1ccc2c(c1)CN(C1CCC(=O)NC1=O)C2=O. The van der Waals surface area contributed by atoms with E-state index in [9.17, 15) is 19.2 Å². The third kappa shape index (κ3) is 7.76. The van der Waals surface area contributed by atoms with Gasteiger partial charge in [0, 0.05) is 30.8 Å². The van der Waals surface area contributed by atoms with Gasteiger partial charge in [0.2, 0.25) is 17.7 Å². The second kappa shape index (κ2) is 14.0. The fourth-order valence-corrected chi connectivity index (χ4v) is 3.94. The van der Waals surface area contributed by atoms with E-state index >= 15 is 0 Å². The lowest BCUT2D eigenvalue weighted by atomic mass is 10.0. The Kier molecular flexibility index (Phi) is 11.4. The van der Waals surface area contributed by atoms with E-state index in [1.807, 2.05) is 0 Å². The second-order valence-electron chi connectivity index (χ2n) is 8.19. The van der Waals surface area contributed by atoms with Crippen LogP contribution in [0.5, 0.6) is 0 Å². The number of hydrogen-bond donors (Lipinski definition) is 3. The van der Waals surface area contributed by atoms with Crippen LogP contribution >= 0.6 is 12.4 Å². The number of ether oxygens (including phenoxy) is 2. The van der Waals surface area contributed by atoms with Crippen LogP contribution in [0, 0.1) is 0 Å². The molecule has 0 aromatic heterocycles. The number of benzene rings is 1. The maximum atomic E-state index is 12.7. The van der Waals surface area contributed by atoms with E-state index in [1.165, 1.54) is 4.90 Å². The number of nitrogens with zero attached hydrogens (tertiary/aromatic N) is 1. The standard InChI is InChI=1S/C23H32N4O6.ClH/c24-9-3-1-2-4-10-32-11-12-33-15-21(29)25-17-5-6-18-16(13-17)14-27(23(18)31)19-7-8-20(28)26-22(19)30;/h5-6,13,19H,1-4,7-12,14-15,24H2,(H,25,29)(H,26,28,30);1H.